The summed E-state index contributed by atoms with van der Waals surface area (Å²) < 4.78 is 16.3. The molecule has 3 aromatic rings. The van der Waals surface area contributed by atoms with Crippen molar-refractivity contribution in [1.82, 2.24) is 9.38 Å². The summed E-state index contributed by atoms with van der Waals surface area (Å²) in [5.41, 5.74) is 6.95. The van der Waals surface area contributed by atoms with Gasteiger partial charge in [-0.15, -0.1) is 0 Å². The van der Waals surface area contributed by atoms with Crippen molar-refractivity contribution in [2.45, 2.75) is 0 Å². The van der Waals surface area contributed by atoms with E-state index in [0.717, 1.165) is 0 Å². The first kappa shape index (κ1) is 13.6. The van der Waals surface area contributed by atoms with Crippen molar-refractivity contribution in [2.75, 3.05) is 5.32 Å². The number of aromatic nitrogens is 2. The lowest BCUT2D eigenvalue weighted by atomic mass is 10.1. The van der Waals surface area contributed by atoms with E-state index in [9.17, 15) is 9.18 Å². The molecular formula is C14H10BrFN4O. The summed E-state index contributed by atoms with van der Waals surface area (Å²) in [7, 11) is 0. The maximum absolute atomic E-state index is 14.0. The van der Waals surface area contributed by atoms with Gasteiger partial charge in [0.1, 0.15) is 5.82 Å². The first-order valence-corrected chi connectivity index (χ1v) is 6.82. The highest BCUT2D eigenvalue weighted by Gasteiger charge is 2.14. The van der Waals surface area contributed by atoms with Gasteiger partial charge < -0.3 is 15.5 Å². The van der Waals surface area contributed by atoms with Crippen LogP contribution in [0.15, 0.2) is 47.5 Å². The lowest BCUT2D eigenvalue weighted by molar-refractivity contribution is 0.100. The van der Waals surface area contributed by atoms with Crippen LogP contribution in [-0.4, -0.2) is 15.3 Å². The average molecular weight is 349 g/mol. The van der Waals surface area contributed by atoms with Crippen molar-refractivity contribution < 1.29 is 9.18 Å². The molecule has 1 aromatic carbocycles. The molecule has 0 saturated heterocycles. The Hall–Kier alpha value is -2.41. The number of hydrogen-bond donors (Lipinski definition) is 2. The fourth-order valence-electron chi connectivity index (χ4n) is 2.06. The zero-order valence-electron chi connectivity index (χ0n) is 10.7. The molecule has 2 aromatic heterocycles. The number of pyridine rings is 1. The van der Waals surface area contributed by atoms with Crippen LogP contribution in [0.4, 0.5) is 15.8 Å². The summed E-state index contributed by atoms with van der Waals surface area (Å²) in [6.45, 7) is 0. The second-order valence-electron chi connectivity index (χ2n) is 4.40. The molecule has 0 atom stereocenters. The van der Waals surface area contributed by atoms with Crippen LogP contribution in [0, 0.1) is 5.82 Å². The number of carbonyl (C=O) groups excluding carboxylic acids is 1. The topological polar surface area (TPSA) is 72.4 Å². The summed E-state index contributed by atoms with van der Waals surface area (Å²) in [5, 5.41) is 2.92. The number of hydrogen-bond acceptors (Lipinski definition) is 3. The van der Waals surface area contributed by atoms with Crippen LogP contribution in [0.3, 0.4) is 0 Å². The zero-order chi connectivity index (χ0) is 15.0. The Morgan fingerprint density at radius 2 is 2.19 bits per heavy atom. The number of fused-ring (bicyclic) bond motifs is 1. The predicted molar refractivity (Wildman–Crippen MR) is 81.1 cm³/mol. The third kappa shape index (κ3) is 2.47. The summed E-state index contributed by atoms with van der Waals surface area (Å²) in [6.07, 6.45) is 4.83. The Balaban J connectivity index is 2.16. The summed E-state index contributed by atoms with van der Waals surface area (Å²) in [6, 6.07) is 6.18. The fraction of sp³-hybridized carbons (Fsp3) is 0. The van der Waals surface area contributed by atoms with Crippen LogP contribution in [-0.2, 0) is 0 Å². The number of nitrogens with one attached hydrogen (secondary N) is 1. The Morgan fingerprint density at radius 3 is 2.90 bits per heavy atom. The first-order chi connectivity index (χ1) is 10.1. The minimum Gasteiger partial charge on any atom is -0.366 e. The Morgan fingerprint density at radius 1 is 1.38 bits per heavy atom. The van der Waals surface area contributed by atoms with Crippen molar-refractivity contribution in [3.8, 4) is 0 Å². The first-order valence-electron chi connectivity index (χ1n) is 6.03. The molecule has 0 aliphatic heterocycles. The molecule has 0 radical (unpaired) electrons. The van der Waals surface area contributed by atoms with Crippen molar-refractivity contribution in [1.29, 1.82) is 0 Å². The van der Waals surface area contributed by atoms with Gasteiger partial charge in [0, 0.05) is 10.7 Å². The van der Waals surface area contributed by atoms with Gasteiger partial charge in [-0.05, 0) is 24.3 Å². The van der Waals surface area contributed by atoms with Crippen molar-refractivity contribution >= 4 is 38.7 Å². The molecule has 0 aliphatic carbocycles. The lowest BCUT2D eigenvalue weighted by Crippen LogP contribution is -2.14. The maximum atomic E-state index is 14.0. The maximum Gasteiger partial charge on any atom is 0.250 e. The molecule has 7 heteroatoms. The predicted octanol–water partition coefficient (Wildman–Crippen LogP) is 3.08. The van der Waals surface area contributed by atoms with Crippen LogP contribution in [0.2, 0.25) is 0 Å². The number of anilines is 2. The van der Waals surface area contributed by atoms with Gasteiger partial charge in [-0.25, -0.2) is 9.37 Å². The highest BCUT2D eigenvalue weighted by atomic mass is 79.9. The van der Waals surface area contributed by atoms with Crippen LogP contribution in [0.5, 0.6) is 0 Å². The number of imidazole rings is 1. The molecule has 0 fully saturated rings. The monoisotopic (exact) mass is 348 g/mol. The van der Waals surface area contributed by atoms with E-state index in [1.165, 1.54) is 6.07 Å². The number of primary amides is 1. The van der Waals surface area contributed by atoms with E-state index in [4.69, 9.17) is 5.73 Å². The number of amides is 1. The highest BCUT2D eigenvalue weighted by molar-refractivity contribution is 9.10. The van der Waals surface area contributed by atoms with Gasteiger partial charge in [0.25, 0.3) is 5.91 Å². The molecule has 0 aliphatic rings. The van der Waals surface area contributed by atoms with Gasteiger partial charge in [-0.1, -0.05) is 15.9 Å². The molecule has 0 unspecified atom stereocenters. The molecule has 0 saturated carbocycles. The molecule has 1 amide bonds. The molecule has 0 bridgehead atoms. The normalized spacial score (nSPS) is 10.8. The van der Waals surface area contributed by atoms with Crippen LogP contribution >= 0.6 is 15.9 Å². The molecule has 106 valence electrons. The van der Waals surface area contributed by atoms with E-state index in [1.807, 2.05) is 0 Å². The second-order valence-corrected chi connectivity index (χ2v) is 5.32. The quantitative estimate of drug-likeness (QED) is 0.763. The van der Waals surface area contributed by atoms with E-state index in [1.54, 1.807) is 41.3 Å². The number of carbonyl (C=O) groups is 1. The number of benzene rings is 1. The molecule has 0 spiro atoms. The average Bonchev–Trinajstić information content (AvgIpc) is 2.90. The van der Waals surface area contributed by atoms with E-state index in [2.05, 4.69) is 26.2 Å². The molecular weight excluding hydrogens is 339 g/mol. The van der Waals surface area contributed by atoms with Gasteiger partial charge in [0.15, 0.2) is 0 Å². The largest absolute Gasteiger partial charge is 0.366 e. The lowest BCUT2D eigenvalue weighted by Gasteiger charge is -2.13. The van der Waals surface area contributed by atoms with Crippen LogP contribution < -0.4 is 11.1 Å². The molecule has 21 heavy (non-hydrogen) atoms. The number of nitrogens with zero attached hydrogens (tertiary/aromatic N) is 2. The van der Waals surface area contributed by atoms with Gasteiger partial charge >= 0.3 is 0 Å². The molecule has 5 nitrogen and oxygen atoms in total. The van der Waals surface area contributed by atoms with Crippen LogP contribution in [0.1, 0.15) is 10.4 Å². The minimum absolute atomic E-state index is 0.245. The molecule has 3 rings (SSSR count). The summed E-state index contributed by atoms with van der Waals surface area (Å²) in [4.78, 5) is 15.6. The summed E-state index contributed by atoms with van der Waals surface area (Å²) >= 11 is 3.20. The van der Waals surface area contributed by atoms with Crippen LogP contribution in [0.25, 0.3) is 5.52 Å². The summed E-state index contributed by atoms with van der Waals surface area (Å²) in [5.74, 6) is -1.04. The second kappa shape index (κ2) is 5.17. The Kier molecular flexibility index (Phi) is 3.34. The SMILES string of the molecule is NC(=O)c1ccn2cncc2c1Nc1ccc(Br)cc1F. The van der Waals surface area contributed by atoms with Gasteiger partial charge in [-0.3, -0.25) is 4.79 Å². The molecule has 2 heterocycles. The van der Waals surface area contributed by atoms with Gasteiger partial charge in [0.2, 0.25) is 0 Å². The Labute approximate surface area is 127 Å². The minimum atomic E-state index is -0.598. The van der Waals surface area contributed by atoms with E-state index >= 15 is 0 Å². The van der Waals surface area contributed by atoms with E-state index in [0.29, 0.717) is 15.7 Å². The number of rotatable bonds is 3. The van der Waals surface area contributed by atoms with Gasteiger partial charge in [0.05, 0.1) is 35.0 Å². The number of nitrogens with two attached hydrogens (primary N) is 1. The third-order valence-electron chi connectivity index (χ3n) is 3.05. The number of halogens is 2. The van der Waals surface area contributed by atoms with Crippen molar-refractivity contribution in [3.63, 3.8) is 0 Å². The third-order valence-corrected chi connectivity index (χ3v) is 3.54. The zero-order valence-corrected chi connectivity index (χ0v) is 12.3. The fourth-order valence-corrected chi connectivity index (χ4v) is 2.39. The van der Waals surface area contributed by atoms with E-state index < -0.39 is 11.7 Å². The van der Waals surface area contributed by atoms with E-state index in [-0.39, 0.29) is 11.3 Å². The highest BCUT2D eigenvalue weighted by Crippen LogP contribution is 2.28. The standard InChI is InChI=1S/C14H10BrFN4O/c15-8-1-2-11(10(16)5-8)19-13-9(14(17)21)3-4-20-7-18-6-12(13)20/h1-7,19H,(H2,17,21). The van der Waals surface area contributed by atoms with Gasteiger partial charge in [-0.2, -0.15) is 0 Å². The smallest absolute Gasteiger partial charge is 0.250 e. The molecule has 3 N–H and O–H groups in total. The Bertz CT molecular complexity index is 846. The van der Waals surface area contributed by atoms with Crippen molar-refractivity contribution in [2.24, 2.45) is 5.73 Å². The van der Waals surface area contributed by atoms with Crippen molar-refractivity contribution in [3.05, 3.63) is 58.8 Å².